The summed E-state index contributed by atoms with van der Waals surface area (Å²) < 4.78 is 5.06. The first-order valence-corrected chi connectivity index (χ1v) is 5.86. The standard InChI is InChI=1S/C12H18N2O4/c1-9(11(15)16)4-2-6-13-12(17)14-8-10-5-3-7-18-10/h3,5,7,9H,2,4,6,8H2,1H3,(H,15,16)(H2,13,14,17). The van der Waals surface area contributed by atoms with Gasteiger partial charge in [-0.3, -0.25) is 4.79 Å². The minimum atomic E-state index is -0.808. The average molecular weight is 254 g/mol. The largest absolute Gasteiger partial charge is 0.481 e. The topological polar surface area (TPSA) is 91.6 Å². The number of carboxylic acids is 1. The zero-order valence-corrected chi connectivity index (χ0v) is 10.3. The number of hydrogen-bond donors (Lipinski definition) is 3. The minimum Gasteiger partial charge on any atom is -0.481 e. The fourth-order valence-electron chi connectivity index (χ4n) is 1.38. The molecule has 1 rings (SSSR count). The highest BCUT2D eigenvalue weighted by molar-refractivity contribution is 5.73. The number of furan rings is 1. The number of rotatable bonds is 7. The first-order chi connectivity index (χ1) is 8.59. The van der Waals surface area contributed by atoms with Crippen LogP contribution < -0.4 is 10.6 Å². The smallest absolute Gasteiger partial charge is 0.315 e. The van der Waals surface area contributed by atoms with Crippen LogP contribution in [0.3, 0.4) is 0 Å². The van der Waals surface area contributed by atoms with Crippen molar-refractivity contribution < 1.29 is 19.1 Å². The zero-order valence-electron chi connectivity index (χ0n) is 10.3. The Hall–Kier alpha value is -1.98. The van der Waals surface area contributed by atoms with Gasteiger partial charge in [0.25, 0.3) is 0 Å². The van der Waals surface area contributed by atoms with Crippen molar-refractivity contribution in [2.45, 2.75) is 26.3 Å². The maximum atomic E-state index is 11.3. The summed E-state index contributed by atoms with van der Waals surface area (Å²) in [4.78, 5) is 21.9. The molecule has 6 heteroatoms. The number of urea groups is 1. The third kappa shape index (κ3) is 5.38. The molecular weight excluding hydrogens is 236 g/mol. The van der Waals surface area contributed by atoms with E-state index in [1.807, 2.05) is 0 Å². The molecule has 0 aliphatic heterocycles. The van der Waals surface area contributed by atoms with Gasteiger partial charge in [-0.1, -0.05) is 6.92 Å². The van der Waals surface area contributed by atoms with Gasteiger partial charge in [-0.2, -0.15) is 0 Å². The van der Waals surface area contributed by atoms with E-state index in [1.54, 1.807) is 25.3 Å². The quantitative estimate of drug-likeness (QED) is 0.644. The highest BCUT2D eigenvalue weighted by Gasteiger charge is 2.10. The maximum Gasteiger partial charge on any atom is 0.315 e. The Morgan fingerprint density at radius 3 is 2.83 bits per heavy atom. The zero-order chi connectivity index (χ0) is 13.4. The lowest BCUT2D eigenvalue weighted by molar-refractivity contribution is -0.141. The molecule has 0 aliphatic rings. The fraction of sp³-hybridized carbons (Fsp3) is 0.500. The van der Waals surface area contributed by atoms with Crippen LogP contribution in [-0.4, -0.2) is 23.7 Å². The lowest BCUT2D eigenvalue weighted by Crippen LogP contribution is -2.35. The van der Waals surface area contributed by atoms with Crippen LogP contribution >= 0.6 is 0 Å². The SMILES string of the molecule is CC(CCCNC(=O)NCc1ccco1)C(=O)O. The summed E-state index contributed by atoms with van der Waals surface area (Å²) in [6.45, 7) is 2.45. The lowest BCUT2D eigenvalue weighted by atomic mass is 10.1. The Balaban J connectivity index is 2.05. The average Bonchev–Trinajstić information content (AvgIpc) is 2.84. The van der Waals surface area contributed by atoms with Crippen LogP contribution in [0.4, 0.5) is 4.79 Å². The van der Waals surface area contributed by atoms with Crippen LogP contribution in [0.2, 0.25) is 0 Å². The highest BCUT2D eigenvalue weighted by atomic mass is 16.4. The van der Waals surface area contributed by atoms with Gasteiger partial charge >= 0.3 is 12.0 Å². The van der Waals surface area contributed by atoms with Crippen molar-refractivity contribution in [3.8, 4) is 0 Å². The molecule has 1 atom stereocenters. The van der Waals surface area contributed by atoms with Crippen LogP contribution in [0.1, 0.15) is 25.5 Å². The summed E-state index contributed by atoms with van der Waals surface area (Å²) in [5.41, 5.74) is 0. The second-order valence-corrected chi connectivity index (χ2v) is 4.07. The third-order valence-electron chi connectivity index (χ3n) is 2.52. The van der Waals surface area contributed by atoms with E-state index in [4.69, 9.17) is 9.52 Å². The van der Waals surface area contributed by atoms with E-state index in [2.05, 4.69) is 10.6 Å². The van der Waals surface area contributed by atoms with Crippen LogP contribution in [0.5, 0.6) is 0 Å². The molecular formula is C12H18N2O4. The molecule has 100 valence electrons. The summed E-state index contributed by atoms with van der Waals surface area (Å²) in [6, 6.07) is 3.24. The molecule has 0 spiro atoms. The summed E-state index contributed by atoms with van der Waals surface area (Å²) in [7, 11) is 0. The van der Waals surface area contributed by atoms with Crippen LogP contribution in [-0.2, 0) is 11.3 Å². The van der Waals surface area contributed by atoms with E-state index in [9.17, 15) is 9.59 Å². The minimum absolute atomic E-state index is 0.283. The molecule has 1 aromatic rings. The van der Waals surface area contributed by atoms with Gasteiger partial charge in [0, 0.05) is 6.54 Å². The number of hydrogen-bond acceptors (Lipinski definition) is 3. The lowest BCUT2D eigenvalue weighted by Gasteiger charge is -2.08. The van der Waals surface area contributed by atoms with E-state index < -0.39 is 5.97 Å². The third-order valence-corrected chi connectivity index (χ3v) is 2.52. The van der Waals surface area contributed by atoms with E-state index in [1.165, 1.54) is 0 Å². The number of carbonyl (C=O) groups is 2. The normalized spacial score (nSPS) is 11.8. The first-order valence-electron chi connectivity index (χ1n) is 5.86. The molecule has 2 amide bonds. The van der Waals surface area contributed by atoms with E-state index in [-0.39, 0.29) is 11.9 Å². The van der Waals surface area contributed by atoms with Gasteiger partial charge in [0.1, 0.15) is 5.76 Å². The monoisotopic (exact) mass is 254 g/mol. The van der Waals surface area contributed by atoms with Gasteiger partial charge in [0.05, 0.1) is 18.7 Å². The molecule has 0 saturated carbocycles. The highest BCUT2D eigenvalue weighted by Crippen LogP contribution is 2.04. The van der Waals surface area contributed by atoms with Gasteiger partial charge < -0.3 is 20.2 Å². The van der Waals surface area contributed by atoms with Gasteiger partial charge in [-0.15, -0.1) is 0 Å². The van der Waals surface area contributed by atoms with E-state index in [0.717, 1.165) is 0 Å². The molecule has 0 radical (unpaired) electrons. The summed E-state index contributed by atoms with van der Waals surface area (Å²) in [5, 5.41) is 14.0. The number of nitrogens with one attached hydrogen (secondary N) is 2. The van der Waals surface area contributed by atoms with Crippen molar-refractivity contribution >= 4 is 12.0 Å². The van der Waals surface area contributed by atoms with Crippen LogP contribution in [0, 0.1) is 5.92 Å². The molecule has 1 heterocycles. The van der Waals surface area contributed by atoms with Crippen molar-refractivity contribution in [2.75, 3.05) is 6.54 Å². The van der Waals surface area contributed by atoms with Crippen molar-refractivity contribution in [2.24, 2.45) is 5.92 Å². The van der Waals surface area contributed by atoms with E-state index in [0.29, 0.717) is 31.7 Å². The van der Waals surface area contributed by atoms with Gasteiger partial charge in [-0.05, 0) is 25.0 Å². The molecule has 0 aliphatic carbocycles. The maximum absolute atomic E-state index is 11.3. The molecule has 0 bridgehead atoms. The Labute approximate surface area is 105 Å². The molecule has 0 aromatic carbocycles. The van der Waals surface area contributed by atoms with Crippen LogP contribution in [0.25, 0.3) is 0 Å². The number of aliphatic carboxylic acids is 1. The predicted molar refractivity (Wildman–Crippen MR) is 65.0 cm³/mol. The Morgan fingerprint density at radius 1 is 1.44 bits per heavy atom. The Morgan fingerprint density at radius 2 is 2.22 bits per heavy atom. The fourth-order valence-corrected chi connectivity index (χ4v) is 1.38. The predicted octanol–water partition coefficient (Wildman–Crippen LogP) is 1.58. The molecule has 6 nitrogen and oxygen atoms in total. The molecule has 0 saturated heterocycles. The molecule has 1 aromatic heterocycles. The number of carboxylic acid groups (broad SMARTS) is 1. The molecule has 1 unspecified atom stereocenters. The van der Waals surface area contributed by atoms with Crippen LogP contribution in [0.15, 0.2) is 22.8 Å². The summed E-state index contributed by atoms with van der Waals surface area (Å²) in [6.07, 6.45) is 2.73. The molecule has 3 N–H and O–H groups in total. The molecule has 0 fully saturated rings. The Bertz CT molecular complexity index is 375. The Kier molecular flexibility index (Phi) is 5.76. The van der Waals surface area contributed by atoms with Gasteiger partial charge in [-0.25, -0.2) is 4.79 Å². The second-order valence-electron chi connectivity index (χ2n) is 4.07. The summed E-state index contributed by atoms with van der Waals surface area (Å²) >= 11 is 0. The first kappa shape index (κ1) is 14.1. The molecule has 18 heavy (non-hydrogen) atoms. The van der Waals surface area contributed by atoms with Crippen molar-refractivity contribution in [1.82, 2.24) is 10.6 Å². The number of carbonyl (C=O) groups excluding carboxylic acids is 1. The number of amides is 2. The van der Waals surface area contributed by atoms with E-state index >= 15 is 0 Å². The second kappa shape index (κ2) is 7.37. The van der Waals surface area contributed by atoms with Crippen molar-refractivity contribution in [1.29, 1.82) is 0 Å². The van der Waals surface area contributed by atoms with Crippen molar-refractivity contribution in [3.63, 3.8) is 0 Å². The van der Waals surface area contributed by atoms with Crippen molar-refractivity contribution in [3.05, 3.63) is 24.2 Å². The van der Waals surface area contributed by atoms with Gasteiger partial charge in [0.15, 0.2) is 0 Å². The summed E-state index contributed by atoms with van der Waals surface area (Å²) in [5.74, 6) is -0.500. The van der Waals surface area contributed by atoms with Gasteiger partial charge in [0.2, 0.25) is 0 Å².